The van der Waals surface area contributed by atoms with E-state index < -0.39 is 0 Å². The van der Waals surface area contributed by atoms with E-state index in [4.69, 9.17) is 9.47 Å². The number of fused-ring (bicyclic) bond motifs is 1. The molecule has 0 N–H and O–H groups in total. The van der Waals surface area contributed by atoms with Gasteiger partial charge in [-0.1, -0.05) is 65.8 Å². The van der Waals surface area contributed by atoms with Crippen molar-refractivity contribution >= 4 is 11.8 Å². The molecule has 1 aliphatic rings. The number of carbonyl (C=O) groups is 2. The summed E-state index contributed by atoms with van der Waals surface area (Å²) in [7, 11) is 0. The second kappa shape index (κ2) is 10.1. The molecule has 0 aliphatic carbocycles. The van der Waals surface area contributed by atoms with Crippen molar-refractivity contribution in [3.63, 3.8) is 0 Å². The van der Waals surface area contributed by atoms with Crippen LogP contribution in [0, 0.1) is 0 Å². The van der Waals surface area contributed by atoms with Crippen LogP contribution in [0.3, 0.4) is 0 Å². The van der Waals surface area contributed by atoms with E-state index in [1.165, 1.54) is 16.0 Å². The van der Waals surface area contributed by atoms with Crippen LogP contribution in [0.15, 0.2) is 42.5 Å². The van der Waals surface area contributed by atoms with Gasteiger partial charge in [0.1, 0.15) is 12.4 Å². The molecule has 0 saturated carbocycles. The quantitative estimate of drug-likeness (QED) is 0.322. The van der Waals surface area contributed by atoms with Crippen molar-refractivity contribution in [3.05, 3.63) is 64.7 Å². The lowest BCUT2D eigenvalue weighted by molar-refractivity contribution is 0.0527. The van der Waals surface area contributed by atoms with Gasteiger partial charge < -0.3 is 9.47 Å². The summed E-state index contributed by atoms with van der Waals surface area (Å²) in [4.78, 5) is 26.1. The van der Waals surface area contributed by atoms with Gasteiger partial charge in [-0.2, -0.15) is 0 Å². The normalized spacial score (nSPS) is 14.1. The predicted molar refractivity (Wildman–Crippen MR) is 131 cm³/mol. The van der Waals surface area contributed by atoms with Gasteiger partial charge in [0.25, 0.3) is 11.8 Å². The fraction of sp³-hybridized carbons (Fsp3) is 0.500. The van der Waals surface area contributed by atoms with Crippen LogP contribution in [-0.4, -0.2) is 43.1 Å². The molecule has 0 spiro atoms. The third-order valence-electron chi connectivity index (χ3n) is 7.08. The van der Waals surface area contributed by atoms with E-state index in [0.717, 1.165) is 18.6 Å². The number of rotatable bonds is 11. The molecule has 0 aromatic heterocycles. The molecular weight excluding hydrogens is 414 g/mol. The number of imide groups is 1. The Labute approximate surface area is 198 Å². The van der Waals surface area contributed by atoms with Gasteiger partial charge in [-0.25, -0.2) is 0 Å². The van der Waals surface area contributed by atoms with Crippen LogP contribution in [0.4, 0.5) is 0 Å². The number of nitrogens with zero attached hydrogens (tertiary/aromatic N) is 1. The van der Waals surface area contributed by atoms with Crippen molar-refractivity contribution in [2.45, 2.75) is 65.2 Å². The number of amides is 2. The molecule has 1 heterocycles. The van der Waals surface area contributed by atoms with E-state index in [0.29, 0.717) is 24.3 Å². The van der Waals surface area contributed by atoms with Gasteiger partial charge >= 0.3 is 0 Å². The zero-order valence-corrected chi connectivity index (χ0v) is 20.9. The van der Waals surface area contributed by atoms with E-state index >= 15 is 0 Å². The molecular formula is C28H37NO4. The van der Waals surface area contributed by atoms with Crippen molar-refractivity contribution in [2.24, 2.45) is 0 Å². The SMILES string of the molecule is CCC(C)(C)c1ccc(OCCOCCN2C(=O)c3ccccc3C2=O)c(C(C)(C)CC)c1. The van der Waals surface area contributed by atoms with Crippen molar-refractivity contribution in [3.8, 4) is 5.75 Å². The van der Waals surface area contributed by atoms with Crippen LogP contribution in [0.25, 0.3) is 0 Å². The first-order valence-electron chi connectivity index (χ1n) is 11.9. The fourth-order valence-electron chi connectivity index (χ4n) is 3.91. The van der Waals surface area contributed by atoms with E-state index in [1.807, 2.05) is 0 Å². The summed E-state index contributed by atoms with van der Waals surface area (Å²) in [5, 5.41) is 0. The zero-order chi connectivity index (χ0) is 24.2. The fourth-order valence-corrected chi connectivity index (χ4v) is 3.91. The molecule has 178 valence electrons. The van der Waals surface area contributed by atoms with Gasteiger partial charge in [-0.05, 0) is 47.4 Å². The van der Waals surface area contributed by atoms with Crippen LogP contribution >= 0.6 is 0 Å². The molecule has 2 amide bonds. The first-order valence-corrected chi connectivity index (χ1v) is 11.9. The highest BCUT2D eigenvalue weighted by Crippen LogP contribution is 2.38. The van der Waals surface area contributed by atoms with Gasteiger partial charge in [-0.15, -0.1) is 0 Å². The molecule has 2 aromatic carbocycles. The molecule has 0 bridgehead atoms. The zero-order valence-electron chi connectivity index (χ0n) is 20.9. The molecule has 0 saturated heterocycles. The van der Waals surface area contributed by atoms with Crippen LogP contribution in [0.5, 0.6) is 5.75 Å². The highest BCUT2D eigenvalue weighted by atomic mass is 16.5. The van der Waals surface area contributed by atoms with Crippen molar-refractivity contribution in [1.29, 1.82) is 0 Å². The number of hydrogen-bond donors (Lipinski definition) is 0. The van der Waals surface area contributed by atoms with Crippen LogP contribution in [-0.2, 0) is 15.6 Å². The molecule has 3 rings (SSSR count). The maximum Gasteiger partial charge on any atom is 0.261 e. The predicted octanol–water partition coefficient (Wildman–Crippen LogP) is 5.75. The van der Waals surface area contributed by atoms with Crippen LogP contribution < -0.4 is 4.74 Å². The average Bonchev–Trinajstić information content (AvgIpc) is 3.06. The van der Waals surface area contributed by atoms with Crippen LogP contribution in [0.2, 0.25) is 0 Å². The minimum Gasteiger partial charge on any atom is -0.491 e. The Kier molecular flexibility index (Phi) is 7.63. The lowest BCUT2D eigenvalue weighted by atomic mass is 9.76. The average molecular weight is 452 g/mol. The van der Waals surface area contributed by atoms with Gasteiger partial charge in [-0.3, -0.25) is 14.5 Å². The molecule has 0 radical (unpaired) electrons. The maximum atomic E-state index is 12.4. The Bertz CT molecular complexity index is 974. The van der Waals surface area contributed by atoms with E-state index in [9.17, 15) is 9.59 Å². The van der Waals surface area contributed by atoms with Crippen molar-refractivity contribution in [2.75, 3.05) is 26.4 Å². The Morgan fingerprint density at radius 3 is 1.97 bits per heavy atom. The van der Waals surface area contributed by atoms with Gasteiger partial charge in [0, 0.05) is 5.56 Å². The summed E-state index contributed by atoms with van der Waals surface area (Å²) >= 11 is 0. The number of benzene rings is 2. The summed E-state index contributed by atoms with van der Waals surface area (Å²) in [5.41, 5.74) is 3.59. The molecule has 0 atom stereocenters. The molecule has 2 aromatic rings. The molecule has 33 heavy (non-hydrogen) atoms. The van der Waals surface area contributed by atoms with Gasteiger partial charge in [0.15, 0.2) is 0 Å². The number of hydrogen-bond acceptors (Lipinski definition) is 4. The number of carbonyl (C=O) groups excluding carboxylic acids is 2. The third-order valence-corrected chi connectivity index (χ3v) is 7.08. The van der Waals surface area contributed by atoms with Gasteiger partial charge in [0.05, 0.1) is 30.9 Å². The van der Waals surface area contributed by atoms with Crippen molar-refractivity contribution in [1.82, 2.24) is 4.90 Å². The lowest BCUT2D eigenvalue weighted by Crippen LogP contribution is -2.33. The number of ether oxygens (including phenoxy) is 2. The van der Waals surface area contributed by atoms with E-state index in [1.54, 1.807) is 24.3 Å². The summed E-state index contributed by atoms with van der Waals surface area (Å²) in [6.45, 7) is 14.8. The van der Waals surface area contributed by atoms with Gasteiger partial charge in [0.2, 0.25) is 0 Å². The Morgan fingerprint density at radius 1 is 0.788 bits per heavy atom. The van der Waals surface area contributed by atoms with Crippen molar-refractivity contribution < 1.29 is 19.1 Å². The molecule has 1 aliphatic heterocycles. The summed E-state index contributed by atoms with van der Waals surface area (Å²) < 4.78 is 11.8. The first-order chi connectivity index (χ1) is 15.6. The highest BCUT2D eigenvalue weighted by Gasteiger charge is 2.34. The topological polar surface area (TPSA) is 55.8 Å². The largest absolute Gasteiger partial charge is 0.491 e. The smallest absolute Gasteiger partial charge is 0.261 e. The third kappa shape index (κ3) is 5.30. The summed E-state index contributed by atoms with van der Waals surface area (Å²) in [6, 6.07) is 13.5. The first kappa shape index (κ1) is 25.0. The van der Waals surface area contributed by atoms with E-state index in [-0.39, 0.29) is 35.8 Å². The Balaban J connectivity index is 1.55. The second-order valence-electron chi connectivity index (χ2n) is 9.95. The molecule has 0 unspecified atom stereocenters. The monoisotopic (exact) mass is 451 g/mol. The van der Waals surface area contributed by atoms with Crippen LogP contribution in [0.1, 0.15) is 86.2 Å². The summed E-state index contributed by atoms with van der Waals surface area (Å²) in [5.74, 6) is 0.385. The molecule has 0 fully saturated rings. The maximum absolute atomic E-state index is 12.4. The summed E-state index contributed by atoms with van der Waals surface area (Å²) in [6.07, 6.45) is 2.08. The molecule has 5 nitrogen and oxygen atoms in total. The standard InChI is InChI=1S/C28H37NO4/c1-7-27(3,4)20-13-14-24(23(19-20)28(5,6)8-2)33-18-17-32-16-15-29-25(30)21-11-9-10-12-22(21)26(29)31/h9-14,19H,7-8,15-18H2,1-6H3. The molecule has 5 heteroatoms. The minimum atomic E-state index is -0.253. The van der Waals surface area contributed by atoms with E-state index in [2.05, 4.69) is 59.7 Å². The Morgan fingerprint density at radius 2 is 1.39 bits per heavy atom. The lowest BCUT2D eigenvalue weighted by Gasteiger charge is -2.30. The minimum absolute atomic E-state index is 0.00149. The highest BCUT2D eigenvalue weighted by molar-refractivity contribution is 6.21. The second-order valence-corrected chi connectivity index (χ2v) is 9.95. The Hall–Kier alpha value is -2.66.